The topological polar surface area (TPSA) is 79.3 Å². The smallest absolute Gasteiger partial charge is 0.335 e. The lowest BCUT2D eigenvalue weighted by Gasteiger charge is -2.05. The predicted octanol–water partition coefficient (Wildman–Crippen LogP) is 2.34. The highest BCUT2D eigenvalue weighted by molar-refractivity contribution is 6.04. The van der Waals surface area contributed by atoms with E-state index in [0.29, 0.717) is 11.3 Å². The highest BCUT2D eigenvalue weighted by Gasteiger charge is 2.07. The lowest BCUT2D eigenvalue weighted by Crippen LogP contribution is -2.12. The summed E-state index contributed by atoms with van der Waals surface area (Å²) in [5.41, 5.74) is 2.00. The molecule has 0 saturated heterocycles. The van der Waals surface area contributed by atoms with Crippen molar-refractivity contribution in [3.63, 3.8) is 0 Å². The van der Waals surface area contributed by atoms with E-state index in [2.05, 4.69) is 10.3 Å². The second-order valence-corrected chi connectivity index (χ2v) is 4.02. The van der Waals surface area contributed by atoms with Crippen molar-refractivity contribution in [2.75, 3.05) is 5.32 Å². The minimum Gasteiger partial charge on any atom is -0.478 e. The largest absolute Gasteiger partial charge is 0.478 e. The third-order valence-electron chi connectivity index (χ3n) is 2.56. The Balaban J connectivity index is 2.10. The van der Waals surface area contributed by atoms with Gasteiger partial charge in [-0.2, -0.15) is 0 Å². The number of nitrogens with zero attached hydrogens (tertiary/aromatic N) is 1. The van der Waals surface area contributed by atoms with Crippen LogP contribution in [0.2, 0.25) is 0 Å². The van der Waals surface area contributed by atoms with E-state index in [1.54, 1.807) is 24.3 Å². The van der Waals surface area contributed by atoms with Crippen molar-refractivity contribution in [1.82, 2.24) is 4.98 Å². The molecule has 0 saturated carbocycles. The van der Waals surface area contributed by atoms with Crippen LogP contribution in [-0.4, -0.2) is 22.0 Å². The van der Waals surface area contributed by atoms with Gasteiger partial charge in [0, 0.05) is 17.6 Å². The van der Waals surface area contributed by atoms with Gasteiger partial charge in [0.15, 0.2) is 0 Å². The Bertz CT molecular complexity index is 604. The molecule has 19 heavy (non-hydrogen) atoms. The van der Waals surface area contributed by atoms with Gasteiger partial charge >= 0.3 is 5.97 Å². The number of carboxylic acid groups (broad SMARTS) is 1. The second kappa shape index (κ2) is 5.30. The summed E-state index contributed by atoms with van der Waals surface area (Å²) in [4.78, 5) is 26.6. The maximum Gasteiger partial charge on any atom is 0.335 e. The molecule has 0 aliphatic heterocycles. The van der Waals surface area contributed by atoms with Crippen LogP contribution in [0.1, 0.15) is 26.4 Å². The summed E-state index contributed by atoms with van der Waals surface area (Å²) < 4.78 is 0. The number of carbonyl (C=O) groups excluding carboxylic acids is 1. The van der Waals surface area contributed by atoms with Crippen molar-refractivity contribution in [2.45, 2.75) is 6.92 Å². The van der Waals surface area contributed by atoms with Gasteiger partial charge in [-0.15, -0.1) is 0 Å². The van der Waals surface area contributed by atoms with Gasteiger partial charge < -0.3 is 10.4 Å². The number of carboxylic acids is 1. The van der Waals surface area contributed by atoms with Crippen LogP contribution in [-0.2, 0) is 0 Å². The predicted molar refractivity (Wildman–Crippen MR) is 70.3 cm³/mol. The quantitative estimate of drug-likeness (QED) is 0.883. The molecule has 2 rings (SSSR count). The van der Waals surface area contributed by atoms with Gasteiger partial charge in [-0.1, -0.05) is 0 Å². The summed E-state index contributed by atoms with van der Waals surface area (Å²) in [7, 11) is 0. The zero-order chi connectivity index (χ0) is 13.8. The molecular weight excluding hydrogens is 244 g/mol. The van der Waals surface area contributed by atoms with Gasteiger partial charge in [-0.3, -0.25) is 9.78 Å². The molecule has 1 heterocycles. The number of pyridine rings is 1. The van der Waals surface area contributed by atoms with Crippen molar-refractivity contribution in [1.29, 1.82) is 0 Å². The van der Waals surface area contributed by atoms with Gasteiger partial charge in [0.2, 0.25) is 0 Å². The first-order chi connectivity index (χ1) is 9.06. The molecule has 0 unspecified atom stereocenters. The average molecular weight is 256 g/mol. The van der Waals surface area contributed by atoms with Gasteiger partial charge in [-0.25, -0.2) is 4.79 Å². The Hall–Kier alpha value is -2.69. The maximum absolute atomic E-state index is 11.9. The van der Waals surface area contributed by atoms with Crippen molar-refractivity contribution in [2.24, 2.45) is 0 Å². The Morgan fingerprint density at radius 3 is 2.21 bits per heavy atom. The minimum atomic E-state index is -0.999. The number of amides is 1. The van der Waals surface area contributed by atoms with Gasteiger partial charge in [0.1, 0.15) is 0 Å². The van der Waals surface area contributed by atoms with E-state index in [-0.39, 0.29) is 11.5 Å². The zero-order valence-corrected chi connectivity index (χ0v) is 10.3. The number of anilines is 1. The molecule has 0 atom stereocenters. The Morgan fingerprint density at radius 1 is 1.05 bits per heavy atom. The fraction of sp³-hybridized carbons (Fsp3) is 0.0714. The molecular formula is C14H12N2O3. The van der Waals surface area contributed by atoms with E-state index in [0.717, 1.165) is 5.69 Å². The number of hydrogen-bond acceptors (Lipinski definition) is 3. The molecule has 1 aromatic heterocycles. The molecule has 0 bridgehead atoms. The number of nitrogens with one attached hydrogen (secondary N) is 1. The number of aromatic nitrogens is 1. The summed E-state index contributed by atoms with van der Waals surface area (Å²) in [5.74, 6) is -1.28. The van der Waals surface area contributed by atoms with Crippen LogP contribution in [0.5, 0.6) is 0 Å². The maximum atomic E-state index is 11.9. The first-order valence-corrected chi connectivity index (χ1v) is 5.63. The van der Waals surface area contributed by atoms with Gasteiger partial charge in [0.25, 0.3) is 5.91 Å². The number of hydrogen-bond donors (Lipinski definition) is 2. The molecule has 5 nitrogen and oxygen atoms in total. The first-order valence-electron chi connectivity index (χ1n) is 5.63. The Kier molecular flexibility index (Phi) is 3.56. The van der Waals surface area contributed by atoms with Crippen LogP contribution < -0.4 is 5.32 Å². The first kappa shape index (κ1) is 12.8. The van der Waals surface area contributed by atoms with Crippen LogP contribution in [0, 0.1) is 6.92 Å². The number of aromatic carboxylic acids is 1. The SMILES string of the molecule is Cc1ccc(C(=O)Nc2ccc(C(=O)O)cc2)cn1. The summed E-state index contributed by atoms with van der Waals surface area (Å²) in [5, 5.41) is 11.4. The molecule has 2 aromatic rings. The standard InChI is InChI=1S/C14H12N2O3/c1-9-2-3-11(8-15-9)13(17)16-12-6-4-10(5-7-12)14(18)19/h2-8H,1H3,(H,16,17)(H,18,19). The van der Waals surface area contributed by atoms with E-state index >= 15 is 0 Å². The fourth-order valence-corrected chi connectivity index (χ4v) is 1.50. The normalized spacial score (nSPS) is 9.95. The third-order valence-corrected chi connectivity index (χ3v) is 2.56. The van der Waals surface area contributed by atoms with Crippen LogP contribution in [0.15, 0.2) is 42.6 Å². The summed E-state index contributed by atoms with van der Waals surface area (Å²) in [6, 6.07) is 9.40. The molecule has 0 aliphatic rings. The second-order valence-electron chi connectivity index (χ2n) is 4.02. The average Bonchev–Trinajstić information content (AvgIpc) is 2.40. The molecule has 0 radical (unpaired) electrons. The fourth-order valence-electron chi connectivity index (χ4n) is 1.50. The Morgan fingerprint density at radius 2 is 1.68 bits per heavy atom. The lowest BCUT2D eigenvalue weighted by atomic mass is 10.2. The summed E-state index contributed by atoms with van der Waals surface area (Å²) >= 11 is 0. The van der Waals surface area contributed by atoms with Crippen LogP contribution in [0.4, 0.5) is 5.69 Å². The molecule has 0 aliphatic carbocycles. The van der Waals surface area contributed by atoms with Gasteiger partial charge in [-0.05, 0) is 43.3 Å². The van der Waals surface area contributed by atoms with E-state index in [9.17, 15) is 9.59 Å². The lowest BCUT2D eigenvalue weighted by molar-refractivity contribution is 0.0696. The van der Waals surface area contributed by atoms with E-state index in [4.69, 9.17) is 5.11 Å². The minimum absolute atomic E-state index is 0.176. The summed E-state index contributed by atoms with van der Waals surface area (Å²) in [6.07, 6.45) is 1.50. The molecule has 1 aromatic carbocycles. The van der Waals surface area contributed by atoms with Crippen molar-refractivity contribution in [3.05, 3.63) is 59.4 Å². The van der Waals surface area contributed by atoms with Crippen LogP contribution in [0.3, 0.4) is 0 Å². The van der Waals surface area contributed by atoms with E-state index in [1.807, 2.05) is 6.92 Å². The van der Waals surface area contributed by atoms with Crippen LogP contribution >= 0.6 is 0 Å². The van der Waals surface area contributed by atoms with E-state index < -0.39 is 5.97 Å². The molecule has 0 spiro atoms. The highest BCUT2D eigenvalue weighted by Crippen LogP contribution is 2.11. The van der Waals surface area contributed by atoms with Crippen LogP contribution in [0.25, 0.3) is 0 Å². The van der Waals surface area contributed by atoms with E-state index in [1.165, 1.54) is 18.3 Å². The zero-order valence-electron chi connectivity index (χ0n) is 10.3. The molecule has 96 valence electrons. The molecule has 5 heteroatoms. The number of carbonyl (C=O) groups is 2. The molecule has 1 amide bonds. The highest BCUT2D eigenvalue weighted by atomic mass is 16.4. The molecule has 2 N–H and O–H groups in total. The number of benzene rings is 1. The Labute approximate surface area is 109 Å². The molecule has 0 fully saturated rings. The van der Waals surface area contributed by atoms with Crippen molar-refractivity contribution >= 4 is 17.6 Å². The third kappa shape index (κ3) is 3.16. The summed E-state index contributed by atoms with van der Waals surface area (Å²) in [6.45, 7) is 1.84. The monoisotopic (exact) mass is 256 g/mol. The number of aryl methyl sites for hydroxylation is 1. The van der Waals surface area contributed by atoms with Gasteiger partial charge in [0.05, 0.1) is 11.1 Å². The number of rotatable bonds is 3. The van der Waals surface area contributed by atoms with Crippen molar-refractivity contribution in [3.8, 4) is 0 Å². The van der Waals surface area contributed by atoms with Crippen molar-refractivity contribution < 1.29 is 14.7 Å².